The quantitative estimate of drug-likeness (QED) is 0.792. The maximum atomic E-state index is 5.69. The van der Waals surface area contributed by atoms with Crippen LogP contribution in [0.5, 0.6) is 5.75 Å². The molecule has 0 aliphatic carbocycles. The van der Waals surface area contributed by atoms with Crippen LogP contribution in [-0.4, -0.2) is 6.61 Å². The first-order valence-electron chi connectivity index (χ1n) is 4.90. The second kappa shape index (κ2) is 4.83. The fraction of sp³-hybridized carbons (Fsp3) is 0.500. The molecule has 0 N–H and O–H groups in total. The second-order valence-corrected chi connectivity index (χ2v) is 4.93. The van der Waals surface area contributed by atoms with Gasteiger partial charge in [-0.2, -0.15) is 0 Å². The van der Waals surface area contributed by atoms with E-state index in [2.05, 4.69) is 55.8 Å². The summed E-state index contributed by atoms with van der Waals surface area (Å²) < 4.78 is 6.73. The molecular weight excluding hydrogens is 240 g/mol. The maximum absolute atomic E-state index is 5.69. The summed E-state index contributed by atoms with van der Waals surface area (Å²) in [7, 11) is 0. The van der Waals surface area contributed by atoms with E-state index in [0.717, 1.165) is 16.8 Å². The van der Waals surface area contributed by atoms with Gasteiger partial charge in [-0.05, 0) is 59.0 Å². The highest BCUT2D eigenvalue weighted by molar-refractivity contribution is 9.10. The highest BCUT2D eigenvalue weighted by atomic mass is 79.9. The van der Waals surface area contributed by atoms with E-state index in [1.807, 2.05) is 0 Å². The van der Waals surface area contributed by atoms with Gasteiger partial charge in [0.15, 0.2) is 0 Å². The van der Waals surface area contributed by atoms with Crippen molar-refractivity contribution in [3.63, 3.8) is 0 Å². The monoisotopic (exact) mass is 256 g/mol. The number of ether oxygens (including phenoxy) is 1. The summed E-state index contributed by atoms with van der Waals surface area (Å²) in [6, 6.07) is 4.19. The van der Waals surface area contributed by atoms with Crippen molar-refractivity contribution >= 4 is 15.9 Å². The maximum Gasteiger partial charge on any atom is 0.133 e. The Hall–Kier alpha value is -0.500. The van der Waals surface area contributed by atoms with Gasteiger partial charge in [-0.3, -0.25) is 0 Å². The first kappa shape index (κ1) is 11.6. The zero-order valence-electron chi connectivity index (χ0n) is 9.23. The zero-order valence-corrected chi connectivity index (χ0v) is 10.8. The molecule has 0 saturated carbocycles. The summed E-state index contributed by atoms with van der Waals surface area (Å²) in [5.41, 5.74) is 2.56. The van der Waals surface area contributed by atoms with E-state index in [1.54, 1.807) is 0 Å². The molecule has 0 fully saturated rings. The Labute approximate surface area is 94.6 Å². The van der Waals surface area contributed by atoms with Crippen LogP contribution in [0.15, 0.2) is 16.6 Å². The molecule has 1 aromatic carbocycles. The summed E-state index contributed by atoms with van der Waals surface area (Å²) in [5.74, 6) is 1.50. The first-order valence-corrected chi connectivity index (χ1v) is 5.69. The Morgan fingerprint density at radius 3 is 2.36 bits per heavy atom. The SMILES string of the molecule is Cc1cc(Br)c(OCC(C)C)cc1C. The van der Waals surface area contributed by atoms with Crippen LogP contribution in [0.2, 0.25) is 0 Å². The topological polar surface area (TPSA) is 9.23 Å². The second-order valence-electron chi connectivity index (χ2n) is 4.07. The van der Waals surface area contributed by atoms with Crippen LogP contribution in [0.4, 0.5) is 0 Å². The lowest BCUT2D eigenvalue weighted by molar-refractivity contribution is 0.269. The van der Waals surface area contributed by atoms with Crippen LogP contribution in [0.1, 0.15) is 25.0 Å². The molecule has 0 amide bonds. The van der Waals surface area contributed by atoms with Crippen molar-refractivity contribution in [2.45, 2.75) is 27.7 Å². The van der Waals surface area contributed by atoms with Crippen molar-refractivity contribution in [1.82, 2.24) is 0 Å². The third-order valence-corrected chi connectivity index (χ3v) is 2.74. The number of halogens is 1. The van der Waals surface area contributed by atoms with Gasteiger partial charge in [-0.1, -0.05) is 13.8 Å². The summed E-state index contributed by atoms with van der Waals surface area (Å²) in [6.07, 6.45) is 0. The molecule has 0 aliphatic heterocycles. The molecule has 1 rings (SSSR count). The number of aryl methyl sites for hydroxylation is 2. The largest absolute Gasteiger partial charge is 0.492 e. The van der Waals surface area contributed by atoms with Gasteiger partial charge in [0, 0.05) is 0 Å². The predicted octanol–water partition coefficient (Wildman–Crippen LogP) is 4.10. The Bertz CT molecular complexity index is 318. The number of benzene rings is 1. The van der Waals surface area contributed by atoms with E-state index in [4.69, 9.17) is 4.74 Å². The van der Waals surface area contributed by atoms with Gasteiger partial charge in [-0.15, -0.1) is 0 Å². The van der Waals surface area contributed by atoms with Crippen LogP contribution >= 0.6 is 15.9 Å². The van der Waals surface area contributed by atoms with Gasteiger partial charge < -0.3 is 4.74 Å². The van der Waals surface area contributed by atoms with E-state index in [-0.39, 0.29) is 0 Å². The molecule has 1 aromatic rings. The standard InChI is InChI=1S/C12H17BrO/c1-8(2)7-14-12-6-10(4)9(3)5-11(12)13/h5-6,8H,7H2,1-4H3. The normalized spacial score (nSPS) is 10.7. The van der Waals surface area contributed by atoms with Crippen molar-refractivity contribution < 1.29 is 4.74 Å². The van der Waals surface area contributed by atoms with Crippen molar-refractivity contribution in [1.29, 1.82) is 0 Å². The highest BCUT2D eigenvalue weighted by Crippen LogP contribution is 2.28. The molecule has 0 atom stereocenters. The lowest BCUT2D eigenvalue weighted by Crippen LogP contribution is -2.05. The average molecular weight is 257 g/mol. The summed E-state index contributed by atoms with van der Waals surface area (Å²) in [4.78, 5) is 0. The highest BCUT2D eigenvalue weighted by Gasteiger charge is 2.04. The van der Waals surface area contributed by atoms with E-state index < -0.39 is 0 Å². The molecule has 14 heavy (non-hydrogen) atoms. The van der Waals surface area contributed by atoms with Crippen molar-refractivity contribution in [3.05, 3.63) is 27.7 Å². The minimum absolute atomic E-state index is 0.559. The van der Waals surface area contributed by atoms with Crippen LogP contribution < -0.4 is 4.74 Å². The first-order chi connectivity index (χ1) is 6.50. The van der Waals surface area contributed by atoms with E-state index in [0.29, 0.717) is 5.92 Å². The van der Waals surface area contributed by atoms with E-state index in [1.165, 1.54) is 11.1 Å². The molecule has 0 heterocycles. The fourth-order valence-corrected chi connectivity index (χ4v) is 1.69. The van der Waals surface area contributed by atoms with Gasteiger partial charge in [-0.25, -0.2) is 0 Å². The Kier molecular flexibility index (Phi) is 3.99. The molecular formula is C12H17BrO. The van der Waals surface area contributed by atoms with Crippen molar-refractivity contribution in [2.75, 3.05) is 6.61 Å². The lowest BCUT2D eigenvalue weighted by Gasteiger charge is -2.12. The number of hydrogen-bond donors (Lipinski definition) is 0. The fourth-order valence-electron chi connectivity index (χ4n) is 1.12. The third kappa shape index (κ3) is 3.02. The van der Waals surface area contributed by atoms with Crippen molar-refractivity contribution in [3.8, 4) is 5.75 Å². The smallest absolute Gasteiger partial charge is 0.133 e. The molecule has 78 valence electrons. The molecule has 0 unspecified atom stereocenters. The molecule has 0 spiro atoms. The molecule has 2 heteroatoms. The summed E-state index contributed by atoms with van der Waals surface area (Å²) >= 11 is 3.51. The van der Waals surface area contributed by atoms with E-state index in [9.17, 15) is 0 Å². The van der Waals surface area contributed by atoms with Gasteiger partial charge in [0.25, 0.3) is 0 Å². The summed E-state index contributed by atoms with van der Waals surface area (Å²) in [6.45, 7) is 9.27. The van der Waals surface area contributed by atoms with Crippen LogP contribution in [0.3, 0.4) is 0 Å². The minimum Gasteiger partial charge on any atom is -0.492 e. The third-order valence-electron chi connectivity index (χ3n) is 2.12. The molecule has 0 radical (unpaired) electrons. The summed E-state index contributed by atoms with van der Waals surface area (Å²) in [5, 5.41) is 0. The number of hydrogen-bond acceptors (Lipinski definition) is 1. The Morgan fingerprint density at radius 2 is 1.79 bits per heavy atom. The Balaban J connectivity index is 2.82. The average Bonchev–Trinajstić information content (AvgIpc) is 2.09. The molecule has 0 saturated heterocycles. The zero-order chi connectivity index (χ0) is 10.7. The van der Waals surface area contributed by atoms with Gasteiger partial charge >= 0.3 is 0 Å². The Morgan fingerprint density at radius 1 is 1.21 bits per heavy atom. The molecule has 0 aliphatic rings. The predicted molar refractivity (Wildman–Crippen MR) is 63.9 cm³/mol. The van der Waals surface area contributed by atoms with Gasteiger partial charge in [0.05, 0.1) is 11.1 Å². The van der Waals surface area contributed by atoms with Crippen molar-refractivity contribution in [2.24, 2.45) is 5.92 Å². The van der Waals surface area contributed by atoms with Gasteiger partial charge in [0.1, 0.15) is 5.75 Å². The molecule has 0 bridgehead atoms. The van der Waals surface area contributed by atoms with Crippen LogP contribution in [0.25, 0.3) is 0 Å². The van der Waals surface area contributed by atoms with Crippen LogP contribution in [0, 0.1) is 19.8 Å². The minimum atomic E-state index is 0.559. The molecule has 1 nitrogen and oxygen atoms in total. The number of rotatable bonds is 3. The van der Waals surface area contributed by atoms with Crippen LogP contribution in [-0.2, 0) is 0 Å². The molecule has 0 aromatic heterocycles. The van der Waals surface area contributed by atoms with E-state index >= 15 is 0 Å². The lowest BCUT2D eigenvalue weighted by atomic mass is 10.1. The van der Waals surface area contributed by atoms with Gasteiger partial charge in [0.2, 0.25) is 0 Å².